The predicted molar refractivity (Wildman–Crippen MR) is 151 cm³/mol. The Morgan fingerprint density at radius 2 is 1.87 bits per heavy atom. The van der Waals surface area contributed by atoms with E-state index in [0.717, 1.165) is 5.56 Å². The number of aryl methyl sites for hydroxylation is 1. The average molecular weight is 563 g/mol. The molecule has 11 heteroatoms. The zero-order chi connectivity index (χ0) is 27.7. The number of rotatable bonds is 7. The number of anilines is 1. The van der Waals surface area contributed by atoms with Crippen molar-refractivity contribution in [1.29, 1.82) is 0 Å². The maximum Gasteiger partial charge on any atom is 0.283 e. The molecule has 0 saturated heterocycles. The van der Waals surface area contributed by atoms with Gasteiger partial charge in [-0.25, -0.2) is 9.19 Å². The highest BCUT2D eigenvalue weighted by Gasteiger charge is 2.24. The van der Waals surface area contributed by atoms with Gasteiger partial charge in [-0.05, 0) is 37.6 Å². The maximum atomic E-state index is 13.9. The number of hydrogen-bond donors (Lipinski definition) is 2. The van der Waals surface area contributed by atoms with E-state index in [1.54, 1.807) is 18.2 Å². The van der Waals surface area contributed by atoms with Crippen LogP contribution in [0.3, 0.4) is 0 Å². The summed E-state index contributed by atoms with van der Waals surface area (Å²) in [6.45, 7) is 3.76. The molecule has 0 spiro atoms. The van der Waals surface area contributed by atoms with E-state index in [2.05, 4.69) is 20.2 Å². The molecule has 5 rings (SSSR count). The van der Waals surface area contributed by atoms with Crippen molar-refractivity contribution in [2.24, 2.45) is 0 Å². The maximum absolute atomic E-state index is 13.9. The van der Waals surface area contributed by atoms with Crippen LogP contribution in [0.25, 0.3) is 33.4 Å². The number of carbonyl (C=O) groups is 1. The summed E-state index contributed by atoms with van der Waals surface area (Å²) < 4.78 is 25.5. The quantitative estimate of drug-likeness (QED) is 0.243. The van der Waals surface area contributed by atoms with Crippen molar-refractivity contribution in [3.05, 3.63) is 99.3 Å². The third-order valence-corrected chi connectivity index (χ3v) is 6.76. The first-order chi connectivity index (χ1) is 18.7. The zero-order valence-corrected chi connectivity index (χ0v) is 22.7. The highest BCUT2D eigenvalue weighted by atomic mass is 35.5. The molecule has 198 valence electrons. The number of nitrogens with zero attached hydrogens (tertiary/aromatic N) is 2. The summed E-state index contributed by atoms with van der Waals surface area (Å²) in [5, 5.41) is 7.56. The standard InChI is InChI=1S/C28H23ClN4O5S/c1-15-11-19(16(2)31-21-9-10-22(29)32-24(21)28(35)33-39(3)36)27-20(12-15)25(34)23(18-13-30-37-14-18)26(38-27)17-7-5-4-6-8-17/h4-14,16,31H,1-3H3,(H,33,35). The fourth-order valence-corrected chi connectivity index (χ4v) is 4.90. The van der Waals surface area contributed by atoms with Crippen LogP contribution in [0.1, 0.15) is 34.6 Å². The fourth-order valence-electron chi connectivity index (χ4n) is 4.39. The lowest BCUT2D eigenvalue weighted by atomic mass is 9.96. The SMILES string of the molecule is Cc1cc(C(C)Nc2ccc(Cl)nc2C(=O)NS(C)=O)c2oc(-c3ccccc3)c(-c3cnoc3)c(=O)c2c1. The van der Waals surface area contributed by atoms with Gasteiger partial charge in [-0.15, -0.1) is 0 Å². The Kier molecular flexibility index (Phi) is 7.32. The van der Waals surface area contributed by atoms with E-state index >= 15 is 0 Å². The second-order valence-electron chi connectivity index (χ2n) is 8.93. The van der Waals surface area contributed by atoms with E-state index in [0.29, 0.717) is 44.7 Å². The topological polar surface area (TPSA) is 127 Å². The largest absolute Gasteiger partial charge is 0.455 e. The van der Waals surface area contributed by atoms with Gasteiger partial charge < -0.3 is 14.3 Å². The Hall–Kier alpha value is -4.28. The van der Waals surface area contributed by atoms with Crippen LogP contribution >= 0.6 is 11.6 Å². The molecule has 0 aliphatic heterocycles. The van der Waals surface area contributed by atoms with E-state index in [4.69, 9.17) is 20.5 Å². The molecule has 2 atom stereocenters. The third-order valence-electron chi connectivity index (χ3n) is 6.07. The fraction of sp³-hybridized carbons (Fsp3) is 0.143. The van der Waals surface area contributed by atoms with Gasteiger partial charge in [-0.3, -0.25) is 14.3 Å². The predicted octanol–water partition coefficient (Wildman–Crippen LogP) is 5.67. The molecule has 0 radical (unpaired) electrons. The molecular weight excluding hydrogens is 540 g/mol. The van der Waals surface area contributed by atoms with Gasteiger partial charge in [0.05, 0.1) is 28.9 Å². The third kappa shape index (κ3) is 5.34. The number of fused-ring (bicyclic) bond motifs is 1. The Balaban J connectivity index is 1.68. The molecule has 0 saturated carbocycles. The van der Waals surface area contributed by atoms with Crippen LogP contribution in [0, 0.1) is 6.92 Å². The smallest absolute Gasteiger partial charge is 0.283 e. The highest BCUT2D eigenvalue weighted by Crippen LogP contribution is 2.36. The average Bonchev–Trinajstić information content (AvgIpc) is 3.44. The Morgan fingerprint density at radius 1 is 1.10 bits per heavy atom. The van der Waals surface area contributed by atoms with E-state index < -0.39 is 22.9 Å². The monoisotopic (exact) mass is 562 g/mol. The summed E-state index contributed by atoms with van der Waals surface area (Å²) >= 11 is 6.04. The lowest BCUT2D eigenvalue weighted by Crippen LogP contribution is -2.27. The lowest BCUT2D eigenvalue weighted by molar-refractivity contribution is 0.0979. The molecule has 0 bridgehead atoms. The number of nitrogens with one attached hydrogen (secondary N) is 2. The minimum absolute atomic E-state index is 0.0114. The van der Waals surface area contributed by atoms with E-state index in [1.165, 1.54) is 18.7 Å². The Labute approximate surface area is 230 Å². The van der Waals surface area contributed by atoms with Crippen LogP contribution in [0.5, 0.6) is 0 Å². The summed E-state index contributed by atoms with van der Waals surface area (Å²) in [5.41, 5.74) is 3.64. The van der Waals surface area contributed by atoms with Crippen molar-refractivity contribution in [2.45, 2.75) is 19.9 Å². The molecule has 3 aromatic heterocycles. The Morgan fingerprint density at radius 3 is 2.56 bits per heavy atom. The van der Waals surface area contributed by atoms with Gasteiger partial charge in [-0.1, -0.05) is 53.2 Å². The van der Waals surface area contributed by atoms with Crippen LogP contribution < -0.4 is 15.5 Å². The molecule has 3 heterocycles. The van der Waals surface area contributed by atoms with Gasteiger partial charge in [0.2, 0.25) is 5.43 Å². The van der Waals surface area contributed by atoms with Crippen LogP contribution in [-0.2, 0) is 11.0 Å². The van der Waals surface area contributed by atoms with Crippen LogP contribution in [0.15, 0.2) is 80.8 Å². The van der Waals surface area contributed by atoms with Crippen molar-refractivity contribution >= 4 is 45.2 Å². The minimum atomic E-state index is -1.59. The molecule has 5 aromatic rings. The van der Waals surface area contributed by atoms with Gasteiger partial charge in [0.25, 0.3) is 5.91 Å². The molecule has 39 heavy (non-hydrogen) atoms. The van der Waals surface area contributed by atoms with Gasteiger partial charge in [0.15, 0.2) is 5.69 Å². The van der Waals surface area contributed by atoms with E-state index in [-0.39, 0.29) is 16.3 Å². The number of pyridine rings is 1. The van der Waals surface area contributed by atoms with Crippen molar-refractivity contribution < 1.29 is 17.9 Å². The van der Waals surface area contributed by atoms with Crippen molar-refractivity contribution in [2.75, 3.05) is 11.6 Å². The number of benzene rings is 2. The van der Waals surface area contributed by atoms with Gasteiger partial charge in [0.1, 0.15) is 33.7 Å². The van der Waals surface area contributed by atoms with Crippen LogP contribution in [-0.4, -0.2) is 26.5 Å². The molecule has 2 aromatic carbocycles. The number of amides is 1. The first-order valence-corrected chi connectivity index (χ1v) is 13.8. The molecule has 1 amide bonds. The van der Waals surface area contributed by atoms with Gasteiger partial charge in [-0.2, -0.15) is 0 Å². The summed E-state index contributed by atoms with van der Waals surface area (Å²) in [4.78, 5) is 30.7. The molecule has 2 N–H and O–H groups in total. The molecule has 2 unspecified atom stereocenters. The number of carbonyl (C=O) groups excluding carboxylic acids is 1. The lowest BCUT2D eigenvalue weighted by Gasteiger charge is -2.20. The summed E-state index contributed by atoms with van der Waals surface area (Å²) in [6.07, 6.45) is 4.24. The van der Waals surface area contributed by atoms with E-state index in [1.807, 2.05) is 50.2 Å². The summed E-state index contributed by atoms with van der Waals surface area (Å²) in [7, 11) is -1.59. The molecule has 9 nitrogen and oxygen atoms in total. The summed E-state index contributed by atoms with van der Waals surface area (Å²) in [6, 6.07) is 15.7. The summed E-state index contributed by atoms with van der Waals surface area (Å²) in [5.74, 6) is -0.259. The second-order valence-corrected chi connectivity index (χ2v) is 10.4. The second kappa shape index (κ2) is 10.8. The molecule has 0 aliphatic rings. The number of halogens is 1. The number of hydrogen-bond acceptors (Lipinski definition) is 8. The first-order valence-electron chi connectivity index (χ1n) is 11.9. The first kappa shape index (κ1) is 26.3. The number of aromatic nitrogens is 2. The normalized spacial score (nSPS) is 12.7. The van der Waals surface area contributed by atoms with Crippen molar-refractivity contribution in [3.8, 4) is 22.5 Å². The molecule has 0 fully saturated rings. The van der Waals surface area contributed by atoms with Crippen molar-refractivity contribution in [1.82, 2.24) is 14.9 Å². The molecule has 0 aliphatic carbocycles. The molecular formula is C28H23ClN4O5S. The van der Waals surface area contributed by atoms with Gasteiger partial charge in [0, 0.05) is 22.9 Å². The Bertz CT molecular complexity index is 1770. The van der Waals surface area contributed by atoms with Gasteiger partial charge >= 0.3 is 0 Å². The van der Waals surface area contributed by atoms with E-state index in [9.17, 15) is 13.8 Å². The van der Waals surface area contributed by atoms with Crippen LogP contribution in [0.4, 0.5) is 5.69 Å². The minimum Gasteiger partial charge on any atom is -0.455 e. The van der Waals surface area contributed by atoms with Crippen molar-refractivity contribution in [3.63, 3.8) is 0 Å². The highest BCUT2D eigenvalue weighted by molar-refractivity contribution is 7.82. The zero-order valence-electron chi connectivity index (χ0n) is 21.2. The van der Waals surface area contributed by atoms with Crippen LogP contribution in [0.2, 0.25) is 5.15 Å².